The highest BCUT2D eigenvalue weighted by molar-refractivity contribution is 7.98. The van der Waals surface area contributed by atoms with Crippen molar-refractivity contribution in [2.45, 2.75) is 18.1 Å². The normalized spacial score (nSPS) is 11.5. The Hall–Kier alpha value is -2.08. The van der Waals surface area contributed by atoms with E-state index >= 15 is 0 Å². The predicted molar refractivity (Wildman–Crippen MR) is 82.2 cm³/mol. The van der Waals surface area contributed by atoms with Crippen molar-refractivity contribution in [3.05, 3.63) is 0 Å². The lowest BCUT2D eigenvalue weighted by Gasteiger charge is -2.24. The van der Waals surface area contributed by atoms with Gasteiger partial charge < -0.3 is 9.80 Å². The van der Waals surface area contributed by atoms with Crippen LogP contribution in [0.2, 0.25) is 0 Å². The van der Waals surface area contributed by atoms with Crippen molar-refractivity contribution >= 4 is 29.6 Å². The summed E-state index contributed by atoms with van der Waals surface area (Å²) in [5.74, 6) is 0.409. The van der Waals surface area contributed by atoms with Gasteiger partial charge in [-0.25, -0.2) is 4.90 Å². The molecule has 9 heteroatoms. The number of aromatic nitrogens is 3. The Morgan fingerprint density at radius 1 is 1.19 bits per heavy atom. The summed E-state index contributed by atoms with van der Waals surface area (Å²) in [4.78, 5) is 29.1. The highest BCUT2D eigenvalue weighted by Crippen LogP contribution is 2.19. The predicted octanol–water partition coefficient (Wildman–Crippen LogP) is 0.424. The van der Waals surface area contributed by atoms with Crippen molar-refractivity contribution in [2.75, 3.05) is 44.2 Å². The standard InChI is InChI=1S/C12H19N7OS/c1-8(9(20)17(2)3)19(7-13)11-14-10(18(4)5)15-12(16-11)21-6/h8H,1-6H3/t8-/m1/s1. The maximum absolute atomic E-state index is 12.0. The number of likely N-dealkylation sites (N-methyl/N-ethyl adjacent to an activating group) is 1. The summed E-state index contributed by atoms with van der Waals surface area (Å²) in [5.41, 5.74) is 0. The summed E-state index contributed by atoms with van der Waals surface area (Å²) in [6.07, 6.45) is 3.81. The summed E-state index contributed by atoms with van der Waals surface area (Å²) in [5, 5.41) is 9.85. The number of nitrogens with zero attached hydrogens (tertiary/aromatic N) is 7. The number of rotatable bonds is 5. The molecule has 0 unspecified atom stereocenters. The van der Waals surface area contributed by atoms with Crippen molar-refractivity contribution in [3.63, 3.8) is 0 Å². The maximum Gasteiger partial charge on any atom is 0.245 e. The molecule has 1 rings (SSSR count). The zero-order valence-electron chi connectivity index (χ0n) is 13.0. The molecule has 8 nitrogen and oxygen atoms in total. The Labute approximate surface area is 128 Å². The van der Waals surface area contributed by atoms with Gasteiger partial charge in [-0.2, -0.15) is 20.2 Å². The number of amides is 1. The minimum absolute atomic E-state index is 0.170. The molecule has 0 spiro atoms. The fraction of sp³-hybridized carbons (Fsp3) is 0.583. The lowest BCUT2D eigenvalue weighted by atomic mass is 10.3. The third kappa shape index (κ3) is 3.95. The van der Waals surface area contributed by atoms with Gasteiger partial charge in [0, 0.05) is 28.2 Å². The highest BCUT2D eigenvalue weighted by Gasteiger charge is 2.26. The van der Waals surface area contributed by atoms with E-state index in [-0.39, 0.29) is 11.9 Å². The molecule has 0 radical (unpaired) electrons. The average molecular weight is 309 g/mol. The van der Waals surface area contributed by atoms with Crippen LogP contribution in [-0.2, 0) is 4.79 Å². The van der Waals surface area contributed by atoms with Gasteiger partial charge in [0.25, 0.3) is 0 Å². The van der Waals surface area contributed by atoms with Gasteiger partial charge in [-0.1, -0.05) is 11.8 Å². The topological polar surface area (TPSA) is 89.2 Å². The van der Waals surface area contributed by atoms with Gasteiger partial charge in [0.2, 0.25) is 17.8 Å². The Kier molecular flexibility index (Phi) is 5.72. The molecule has 0 fully saturated rings. The van der Waals surface area contributed by atoms with Crippen LogP contribution in [0.1, 0.15) is 6.92 Å². The largest absolute Gasteiger partial charge is 0.347 e. The van der Waals surface area contributed by atoms with E-state index in [1.807, 2.05) is 12.4 Å². The van der Waals surface area contributed by atoms with Crippen molar-refractivity contribution in [1.82, 2.24) is 19.9 Å². The molecule has 1 aromatic rings. The third-order valence-electron chi connectivity index (χ3n) is 2.68. The summed E-state index contributed by atoms with van der Waals surface area (Å²) >= 11 is 1.35. The Morgan fingerprint density at radius 3 is 2.19 bits per heavy atom. The van der Waals surface area contributed by atoms with E-state index in [0.29, 0.717) is 11.1 Å². The Bertz CT molecular complexity index is 555. The Morgan fingerprint density at radius 2 is 1.76 bits per heavy atom. The van der Waals surface area contributed by atoms with Crippen LogP contribution in [0.15, 0.2) is 5.16 Å². The van der Waals surface area contributed by atoms with Gasteiger partial charge in [0.15, 0.2) is 11.3 Å². The first-order valence-corrected chi connectivity index (χ1v) is 7.41. The van der Waals surface area contributed by atoms with Crippen LogP contribution in [0.3, 0.4) is 0 Å². The van der Waals surface area contributed by atoms with E-state index in [1.165, 1.54) is 21.6 Å². The number of hydrogen-bond acceptors (Lipinski definition) is 8. The van der Waals surface area contributed by atoms with E-state index in [4.69, 9.17) is 0 Å². The quantitative estimate of drug-likeness (QED) is 0.439. The summed E-state index contributed by atoms with van der Waals surface area (Å²) in [6, 6.07) is -0.683. The SMILES string of the molecule is CSc1nc(N(C)C)nc(N(C#N)[C@H](C)C(=O)N(C)C)n1. The zero-order chi connectivity index (χ0) is 16.2. The molecule has 0 N–H and O–H groups in total. The average Bonchev–Trinajstić information content (AvgIpc) is 2.46. The van der Waals surface area contributed by atoms with Gasteiger partial charge in [-0.3, -0.25) is 4.79 Å². The minimum Gasteiger partial charge on any atom is -0.347 e. The van der Waals surface area contributed by atoms with Gasteiger partial charge >= 0.3 is 0 Å². The molecule has 0 aliphatic rings. The molecule has 0 bridgehead atoms. The van der Waals surface area contributed by atoms with E-state index in [9.17, 15) is 10.1 Å². The lowest BCUT2D eigenvalue weighted by Crippen LogP contribution is -2.43. The molecule has 0 saturated heterocycles. The van der Waals surface area contributed by atoms with E-state index in [0.717, 1.165) is 0 Å². The van der Waals surface area contributed by atoms with Crippen LogP contribution in [-0.4, -0.2) is 66.2 Å². The number of hydrogen-bond donors (Lipinski definition) is 0. The number of anilines is 2. The second-order valence-corrected chi connectivity index (χ2v) is 5.47. The number of thioether (sulfide) groups is 1. The summed E-state index contributed by atoms with van der Waals surface area (Å²) < 4.78 is 0. The molecule has 114 valence electrons. The van der Waals surface area contributed by atoms with Crippen LogP contribution in [0.5, 0.6) is 0 Å². The highest BCUT2D eigenvalue weighted by atomic mass is 32.2. The second kappa shape index (κ2) is 7.08. The molecule has 1 atom stereocenters. The van der Waals surface area contributed by atoms with Crippen LogP contribution in [0.4, 0.5) is 11.9 Å². The van der Waals surface area contributed by atoms with Gasteiger partial charge in [-0.15, -0.1) is 0 Å². The summed E-state index contributed by atoms with van der Waals surface area (Å²) in [6.45, 7) is 1.64. The van der Waals surface area contributed by atoms with Crippen molar-refractivity contribution in [1.29, 1.82) is 5.26 Å². The summed E-state index contributed by atoms with van der Waals surface area (Å²) in [7, 11) is 6.88. The first kappa shape index (κ1) is 17.0. The van der Waals surface area contributed by atoms with Crippen LogP contribution in [0.25, 0.3) is 0 Å². The number of nitriles is 1. The molecular formula is C12H19N7OS. The van der Waals surface area contributed by atoms with Crippen molar-refractivity contribution in [2.24, 2.45) is 0 Å². The van der Waals surface area contributed by atoms with Gasteiger partial charge in [0.1, 0.15) is 6.04 Å². The van der Waals surface area contributed by atoms with Crippen molar-refractivity contribution < 1.29 is 4.79 Å². The lowest BCUT2D eigenvalue weighted by molar-refractivity contribution is -0.129. The Balaban J connectivity index is 3.25. The fourth-order valence-electron chi connectivity index (χ4n) is 1.52. The smallest absolute Gasteiger partial charge is 0.245 e. The number of carbonyl (C=O) groups is 1. The van der Waals surface area contributed by atoms with Crippen molar-refractivity contribution in [3.8, 4) is 6.19 Å². The third-order valence-corrected chi connectivity index (χ3v) is 3.23. The van der Waals surface area contributed by atoms with E-state index in [2.05, 4.69) is 15.0 Å². The maximum atomic E-state index is 12.0. The van der Waals surface area contributed by atoms with Crippen LogP contribution >= 0.6 is 11.8 Å². The molecule has 1 amide bonds. The number of carbonyl (C=O) groups excluding carboxylic acids is 1. The first-order valence-electron chi connectivity index (χ1n) is 6.19. The molecule has 0 aliphatic heterocycles. The molecular weight excluding hydrogens is 290 g/mol. The zero-order valence-corrected chi connectivity index (χ0v) is 13.8. The fourth-order valence-corrected chi connectivity index (χ4v) is 1.87. The van der Waals surface area contributed by atoms with Crippen LogP contribution in [0, 0.1) is 11.5 Å². The molecule has 1 aromatic heterocycles. The molecule has 1 heterocycles. The van der Waals surface area contributed by atoms with E-state index < -0.39 is 6.04 Å². The van der Waals surface area contributed by atoms with Crippen LogP contribution < -0.4 is 9.80 Å². The second-order valence-electron chi connectivity index (χ2n) is 4.70. The first-order chi connectivity index (χ1) is 9.81. The molecule has 0 saturated carbocycles. The van der Waals surface area contributed by atoms with Gasteiger partial charge in [0.05, 0.1) is 0 Å². The van der Waals surface area contributed by atoms with E-state index in [1.54, 1.807) is 40.0 Å². The molecule has 0 aliphatic carbocycles. The van der Waals surface area contributed by atoms with Gasteiger partial charge in [-0.05, 0) is 13.2 Å². The molecule has 0 aromatic carbocycles. The molecule has 21 heavy (non-hydrogen) atoms. The minimum atomic E-state index is -0.683. The monoisotopic (exact) mass is 309 g/mol.